The first kappa shape index (κ1) is 25.1. The maximum Gasteiger partial charge on any atom is 0.261 e. The fraction of sp³-hybridized carbons (Fsp3) is 0.267. The van der Waals surface area contributed by atoms with Crippen LogP contribution >= 0.6 is 11.6 Å². The lowest BCUT2D eigenvalue weighted by Crippen LogP contribution is -2.38. The Bertz CT molecular complexity index is 1720. The second-order valence-corrected chi connectivity index (χ2v) is 10.1. The van der Waals surface area contributed by atoms with Gasteiger partial charge < -0.3 is 14.4 Å². The summed E-state index contributed by atoms with van der Waals surface area (Å²) in [5.41, 5.74) is 3.51. The first-order valence-electron chi connectivity index (χ1n) is 12.9. The van der Waals surface area contributed by atoms with Crippen molar-refractivity contribution in [3.8, 4) is 11.5 Å². The zero-order chi connectivity index (χ0) is 26.9. The Hall–Kier alpha value is -4.17. The molecule has 9 heteroatoms. The van der Waals surface area contributed by atoms with E-state index in [1.165, 1.54) is 0 Å². The van der Waals surface area contributed by atoms with Gasteiger partial charge in [0.2, 0.25) is 5.28 Å². The van der Waals surface area contributed by atoms with Gasteiger partial charge >= 0.3 is 0 Å². The second-order valence-electron chi connectivity index (χ2n) is 9.81. The van der Waals surface area contributed by atoms with E-state index in [1.54, 1.807) is 18.0 Å². The van der Waals surface area contributed by atoms with E-state index in [0.717, 1.165) is 40.7 Å². The summed E-state index contributed by atoms with van der Waals surface area (Å²) in [5, 5.41) is 1.66. The number of halogens is 1. The first-order valence-corrected chi connectivity index (χ1v) is 13.3. The molecule has 8 nitrogen and oxygen atoms in total. The number of piperidine rings is 1. The van der Waals surface area contributed by atoms with E-state index in [0.29, 0.717) is 42.1 Å². The molecule has 0 aliphatic carbocycles. The molecule has 198 valence electrons. The number of ether oxygens (including phenoxy) is 2. The molecule has 3 aromatic carbocycles. The molecule has 1 aliphatic rings. The van der Waals surface area contributed by atoms with Crippen LogP contribution in [0.2, 0.25) is 5.28 Å². The highest BCUT2D eigenvalue weighted by molar-refractivity contribution is 6.28. The van der Waals surface area contributed by atoms with Crippen molar-refractivity contribution >= 4 is 39.2 Å². The van der Waals surface area contributed by atoms with Crippen molar-refractivity contribution in [3.63, 3.8) is 0 Å². The lowest BCUT2D eigenvalue weighted by molar-refractivity contribution is 0.285. The van der Waals surface area contributed by atoms with Gasteiger partial charge in [-0.15, -0.1) is 0 Å². The van der Waals surface area contributed by atoms with Crippen LogP contribution in [-0.2, 0) is 6.61 Å². The van der Waals surface area contributed by atoms with E-state index in [-0.39, 0.29) is 16.9 Å². The summed E-state index contributed by atoms with van der Waals surface area (Å²) in [7, 11) is 1.62. The second kappa shape index (κ2) is 10.5. The fourth-order valence-electron chi connectivity index (χ4n) is 5.21. The van der Waals surface area contributed by atoms with E-state index in [1.807, 2.05) is 67.6 Å². The molecule has 0 amide bonds. The molecule has 5 aromatic rings. The lowest BCUT2D eigenvalue weighted by atomic mass is 10.0. The van der Waals surface area contributed by atoms with E-state index in [4.69, 9.17) is 21.1 Å². The largest absolute Gasteiger partial charge is 0.493 e. The number of hydrogen-bond acceptors (Lipinski definition) is 7. The minimum absolute atomic E-state index is 0.00505. The average molecular weight is 542 g/mol. The molecular weight excluding hydrogens is 514 g/mol. The molecule has 0 unspecified atom stereocenters. The van der Waals surface area contributed by atoms with Crippen LogP contribution < -0.4 is 19.9 Å². The van der Waals surface area contributed by atoms with Crippen LogP contribution in [-0.4, -0.2) is 39.7 Å². The van der Waals surface area contributed by atoms with Gasteiger partial charge in [0.25, 0.3) is 5.56 Å². The highest BCUT2D eigenvalue weighted by Crippen LogP contribution is 2.37. The molecule has 2 aromatic heterocycles. The average Bonchev–Trinajstić information content (AvgIpc) is 2.96. The Morgan fingerprint density at radius 1 is 0.949 bits per heavy atom. The smallest absolute Gasteiger partial charge is 0.261 e. The lowest BCUT2D eigenvalue weighted by Gasteiger charge is -2.34. The summed E-state index contributed by atoms with van der Waals surface area (Å²) >= 11 is 6.38. The molecule has 0 N–H and O–H groups in total. The molecule has 1 fully saturated rings. The van der Waals surface area contributed by atoms with Gasteiger partial charge in [-0.3, -0.25) is 9.36 Å². The van der Waals surface area contributed by atoms with Crippen LogP contribution in [0.15, 0.2) is 71.8 Å². The number of nitrogens with zero attached hydrogens (tertiary/aromatic N) is 5. The van der Waals surface area contributed by atoms with Crippen molar-refractivity contribution in [2.75, 3.05) is 25.1 Å². The number of methoxy groups -OCH3 is 1. The van der Waals surface area contributed by atoms with Gasteiger partial charge in [0.05, 0.1) is 29.9 Å². The SMILES string of the molecule is COc1cc2c(N3CCC(n4cnc5ccc(C)cc5c4=O)CC3)nc(Cl)nc2cc1OCc1ccccc1. The highest BCUT2D eigenvalue weighted by Gasteiger charge is 2.25. The van der Waals surface area contributed by atoms with Crippen LogP contribution in [0.3, 0.4) is 0 Å². The van der Waals surface area contributed by atoms with Gasteiger partial charge in [-0.25, -0.2) is 9.97 Å². The van der Waals surface area contributed by atoms with Gasteiger partial charge in [-0.2, -0.15) is 4.98 Å². The van der Waals surface area contributed by atoms with E-state index < -0.39 is 0 Å². The predicted molar refractivity (Wildman–Crippen MR) is 153 cm³/mol. The molecule has 0 atom stereocenters. The van der Waals surface area contributed by atoms with Crippen LogP contribution in [0.25, 0.3) is 21.8 Å². The molecule has 39 heavy (non-hydrogen) atoms. The highest BCUT2D eigenvalue weighted by atomic mass is 35.5. The van der Waals surface area contributed by atoms with Crippen LogP contribution in [0.5, 0.6) is 11.5 Å². The number of benzene rings is 3. The predicted octanol–water partition coefficient (Wildman–Crippen LogP) is 5.73. The van der Waals surface area contributed by atoms with E-state index in [2.05, 4.69) is 19.9 Å². The summed E-state index contributed by atoms with van der Waals surface area (Å²) in [6, 6.07) is 19.6. The molecule has 3 heterocycles. The summed E-state index contributed by atoms with van der Waals surface area (Å²) in [6.45, 7) is 3.81. The summed E-state index contributed by atoms with van der Waals surface area (Å²) in [5.74, 6) is 1.94. The number of fused-ring (bicyclic) bond motifs is 2. The summed E-state index contributed by atoms with van der Waals surface area (Å²) in [4.78, 5) is 29.0. The van der Waals surface area contributed by atoms with Crippen molar-refractivity contribution in [2.45, 2.75) is 32.4 Å². The van der Waals surface area contributed by atoms with Crippen molar-refractivity contribution < 1.29 is 9.47 Å². The minimum Gasteiger partial charge on any atom is -0.493 e. The Balaban J connectivity index is 1.26. The maximum absolute atomic E-state index is 13.2. The third-order valence-electron chi connectivity index (χ3n) is 7.27. The molecule has 6 rings (SSSR count). The van der Waals surface area contributed by atoms with Gasteiger partial charge in [-0.05, 0) is 55.1 Å². The number of aromatic nitrogens is 4. The zero-order valence-corrected chi connectivity index (χ0v) is 22.6. The van der Waals surface area contributed by atoms with Crippen molar-refractivity contribution in [2.24, 2.45) is 0 Å². The standard InChI is InChI=1S/C30H28ClN5O3/c1-19-8-9-24-23(14-19)29(37)36(18-32-24)21-10-12-35(13-11-21)28-22-15-26(38-2)27(16-25(22)33-30(31)34-28)39-17-20-6-4-3-5-7-20/h3-9,14-16,18,21H,10-13,17H2,1-2H3. The summed E-state index contributed by atoms with van der Waals surface area (Å²) < 4.78 is 13.5. The Kier molecular flexibility index (Phi) is 6.79. The molecule has 1 aliphatic heterocycles. The van der Waals surface area contributed by atoms with Crippen LogP contribution in [0.4, 0.5) is 5.82 Å². The van der Waals surface area contributed by atoms with Crippen molar-refractivity contribution in [3.05, 3.63) is 93.8 Å². The number of rotatable bonds is 6. The molecule has 0 radical (unpaired) electrons. The number of hydrogen-bond donors (Lipinski definition) is 0. The third kappa shape index (κ3) is 5.00. The molecule has 1 saturated heterocycles. The monoisotopic (exact) mass is 541 g/mol. The fourth-order valence-corrected chi connectivity index (χ4v) is 5.38. The number of aryl methyl sites for hydroxylation is 1. The maximum atomic E-state index is 13.2. The summed E-state index contributed by atoms with van der Waals surface area (Å²) in [6.07, 6.45) is 3.23. The van der Waals surface area contributed by atoms with Crippen LogP contribution in [0, 0.1) is 6.92 Å². The number of anilines is 1. The quantitative estimate of drug-likeness (QED) is 0.254. The van der Waals surface area contributed by atoms with Gasteiger partial charge in [0, 0.05) is 30.6 Å². The van der Waals surface area contributed by atoms with Gasteiger partial charge in [0.15, 0.2) is 11.5 Å². The van der Waals surface area contributed by atoms with Gasteiger partial charge in [-0.1, -0.05) is 42.0 Å². The Morgan fingerprint density at radius 2 is 1.74 bits per heavy atom. The topological polar surface area (TPSA) is 82.4 Å². The molecular formula is C30H28ClN5O3. The Labute approximate surface area is 230 Å². The molecule has 0 bridgehead atoms. The van der Waals surface area contributed by atoms with Crippen molar-refractivity contribution in [1.29, 1.82) is 0 Å². The Morgan fingerprint density at radius 3 is 2.51 bits per heavy atom. The first-order chi connectivity index (χ1) is 19.0. The zero-order valence-electron chi connectivity index (χ0n) is 21.8. The normalized spacial score (nSPS) is 14.2. The minimum atomic E-state index is 0.00505. The molecule has 0 saturated carbocycles. The van der Waals surface area contributed by atoms with Crippen molar-refractivity contribution in [1.82, 2.24) is 19.5 Å². The van der Waals surface area contributed by atoms with E-state index >= 15 is 0 Å². The molecule has 0 spiro atoms. The van der Waals surface area contributed by atoms with Gasteiger partial charge in [0.1, 0.15) is 12.4 Å². The van der Waals surface area contributed by atoms with Crippen LogP contribution in [0.1, 0.15) is 30.0 Å². The third-order valence-corrected chi connectivity index (χ3v) is 7.44. The van der Waals surface area contributed by atoms with E-state index in [9.17, 15) is 4.79 Å².